The molecule has 0 aromatic heterocycles. The minimum absolute atomic E-state index is 0.343. The van der Waals surface area contributed by atoms with Crippen LogP contribution in [0, 0.1) is 5.41 Å². The number of hydrogen-bond acceptors (Lipinski definition) is 1. The van der Waals surface area contributed by atoms with Gasteiger partial charge in [-0.15, -0.1) is 0 Å². The van der Waals surface area contributed by atoms with E-state index in [0.717, 1.165) is 0 Å². The Kier molecular flexibility index (Phi) is 3.66. The van der Waals surface area contributed by atoms with Crippen LogP contribution in [0.25, 0.3) is 0 Å². The van der Waals surface area contributed by atoms with E-state index in [9.17, 15) is 0 Å². The number of nitrogens with one attached hydrogen (secondary N) is 1. The van der Waals surface area contributed by atoms with Crippen molar-refractivity contribution in [3.8, 4) is 0 Å². The van der Waals surface area contributed by atoms with Crippen LogP contribution in [-0.4, -0.2) is 6.54 Å². The van der Waals surface area contributed by atoms with Crippen molar-refractivity contribution in [3.63, 3.8) is 0 Å². The van der Waals surface area contributed by atoms with E-state index in [-0.39, 0.29) is 0 Å². The van der Waals surface area contributed by atoms with Gasteiger partial charge < -0.3 is 5.32 Å². The fourth-order valence-corrected chi connectivity index (χ4v) is 3.99. The second-order valence-corrected chi connectivity index (χ2v) is 7.69. The Labute approximate surface area is 124 Å². The Bertz CT molecular complexity index is 470. The highest BCUT2D eigenvalue weighted by atomic mass is 14.9. The number of hydrogen-bond donors (Lipinski definition) is 1. The van der Waals surface area contributed by atoms with Crippen molar-refractivity contribution in [2.24, 2.45) is 5.41 Å². The fourth-order valence-electron chi connectivity index (χ4n) is 3.99. The van der Waals surface area contributed by atoms with E-state index in [0.29, 0.717) is 16.9 Å². The van der Waals surface area contributed by atoms with Gasteiger partial charge in [0.05, 0.1) is 0 Å². The zero-order valence-electron chi connectivity index (χ0n) is 13.3. The summed E-state index contributed by atoms with van der Waals surface area (Å²) in [5.74, 6) is 0. The topological polar surface area (TPSA) is 12.0 Å². The highest BCUT2D eigenvalue weighted by Crippen LogP contribution is 2.50. The molecule has 0 amide bonds. The Morgan fingerprint density at radius 2 is 1.90 bits per heavy atom. The Morgan fingerprint density at radius 3 is 2.60 bits per heavy atom. The molecular formula is C19H29N. The summed E-state index contributed by atoms with van der Waals surface area (Å²) in [5, 5.41) is 3.90. The minimum atomic E-state index is 0.343. The molecule has 2 aliphatic carbocycles. The third-order valence-corrected chi connectivity index (χ3v) is 5.58. The molecule has 2 aliphatic rings. The first-order valence-electron chi connectivity index (χ1n) is 8.39. The molecule has 1 N–H and O–H groups in total. The van der Waals surface area contributed by atoms with Crippen LogP contribution < -0.4 is 5.32 Å². The molecule has 110 valence electrons. The lowest BCUT2D eigenvalue weighted by molar-refractivity contribution is 0.326. The van der Waals surface area contributed by atoms with Gasteiger partial charge in [-0.3, -0.25) is 0 Å². The summed E-state index contributed by atoms with van der Waals surface area (Å²) in [5.41, 5.74) is 4.10. The monoisotopic (exact) mass is 271 g/mol. The first kappa shape index (κ1) is 14.1. The van der Waals surface area contributed by atoms with E-state index in [1.165, 1.54) is 45.1 Å². The molecule has 0 saturated heterocycles. The van der Waals surface area contributed by atoms with Crippen molar-refractivity contribution in [1.82, 2.24) is 5.32 Å². The molecule has 1 unspecified atom stereocenters. The molecule has 0 bridgehead atoms. The largest absolute Gasteiger partial charge is 0.309 e. The van der Waals surface area contributed by atoms with Gasteiger partial charge in [0.25, 0.3) is 0 Å². The number of fused-ring (bicyclic) bond motifs is 1. The quantitative estimate of drug-likeness (QED) is 0.797. The molecule has 1 aromatic carbocycles. The molecule has 1 atom stereocenters. The van der Waals surface area contributed by atoms with Crippen LogP contribution in [0.1, 0.15) is 76.5 Å². The molecule has 3 rings (SSSR count). The molecular weight excluding hydrogens is 242 g/mol. The van der Waals surface area contributed by atoms with Gasteiger partial charge in [0.1, 0.15) is 0 Å². The second-order valence-electron chi connectivity index (χ2n) is 7.69. The van der Waals surface area contributed by atoms with E-state index in [2.05, 4.69) is 50.4 Å². The molecule has 0 spiro atoms. The highest BCUT2D eigenvalue weighted by molar-refractivity contribution is 5.38. The average molecular weight is 271 g/mol. The van der Waals surface area contributed by atoms with Crippen molar-refractivity contribution < 1.29 is 0 Å². The zero-order chi connectivity index (χ0) is 14.2. The minimum Gasteiger partial charge on any atom is -0.309 e. The smallest absolute Gasteiger partial charge is 0.0323 e. The molecule has 20 heavy (non-hydrogen) atoms. The molecule has 0 radical (unpaired) electrons. The molecule has 0 heterocycles. The lowest BCUT2D eigenvalue weighted by Crippen LogP contribution is -2.35. The van der Waals surface area contributed by atoms with Crippen LogP contribution in [0.15, 0.2) is 24.3 Å². The summed E-state index contributed by atoms with van der Waals surface area (Å²) in [6, 6.07) is 9.65. The maximum Gasteiger partial charge on any atom is 0.0323 e. The average Bonchev–Trinajstić information content (AvgIpc) is 3.19. The van der Waals surface area contributed by atoms with Crippen LogP contribution >= 0.6 is 0 Å². The van der Waals surface area contributed by atoms with E-state index in [1.807, 2.05) is 0 Å². The molecule has 1 saturated carbocycles. The molecule has 1 heteroatoms. The van der Waals surface area contributed by atoms with Gasteiger partial charge in [0.2, 0.25) is 0 Å². The van der Waals surface area contributed by atoms with Crippen molar-refractivity contribution in [2.45, 2.75) is 70.8 Å². The normalized spacial score (nSPS) is 26.1. The molecule has 1 fully saturated rings. The van der Waals surface area contributed by atoms with Gasteiger partial charge in [0.15, 0.2) is 0 Å². The predicted molar refractivity (Wildman–Crippen MR) is 86.0 cm³/mol. The maximum absolute atomic E-state index is 3.90. The summed E-state index contributed by atoms with van der Waals surface area (Å²) in [7, 11) is 0. The van der Waals surface area contributed by atoms with E-state index >= 15 is 0 Å². The lowest BCUT2D eigenvalue weighted by Gasteiger charge is -2.38. The third-order valence-electron chi connectivity index (χ3n) is 5.58. The molecule has 1 aromatic rings. The SMILES string of the molecule is CCCC1(CNC2CCC(C)(C)c3ccccc32)CC1. The van der Waals surface area contributed by atoms with Gasteiger partial charge in [0, 0.05) is 12.6 Å². The van der Waals surface area contributed by atoms with Gasteiger partial charge in [-0.2, -0.15) is 0 Å². The summed E-state index contributed by atoms with van der Waals surface area (Å²) < 4.78 is 0. The van der Waals surface area contributed by atoms with Gasteiger partial charge >= 0.3 is 0 Å². The number of benzene rings is 1. The third kappa shape index (κ3) is 2.65. The molecule has 0 aliphatic heterocycles. The van der Waals surface area contributed by atoms with Gasteiger partial charge in [-0.05, 0) is 54.1 Å². The van der Waals surface area contributed by atoms with E-state index in [4.69, 9.17) is 0 Å². The fraction of sp³-hybridized carbons (Fsp3) is 0.684. The first-order valence-corrected chi connectivity index (χ1v) is 8.39. The summed E-state index contributed by atoms with van der Waals surface area (Å²) in [6.45, 7) is 8.32. The van der Waals surface area contributed by atoms with E-state index in [1.54, 1.807) is 11.1 Å². The predicted octanol–water partition coefficient (Wildman–Crippen LogP) is 4.97. The highest BCUT2D eigenvalue weighted by Gasteiger charge is 2.42. The summed E-state index contributed by atoms with van der Waals surface area (Å²) in [4.78, 5) is 0. The summed E-state index contributed by atoms with van der Waals surface area (Å²) >= 11 is 0. The molecule has 1 nitrogen and oxygen atoms in total. The first-order chi connectivity index (χ1) is 9.56. The van der Waals surface area contributed by atoms with Crippen LogP contribution in [-0.2, 0) is 5.41 Å². The van der Waals surface area contributed by atoms with Crippen LogP contribution in [0.2, 0.25) is 0 Å². The lowest BCUT2D eigenvalue weighted by atomic mass is 9.71. The van der Waals surface area contributed by atoms with Crippen LogP contribution in [0.4, 0.5) is 0 Å². The maximum atomic E-state index is 3.90. The Hall–Kier alpha value is -0.820. The van der Waals surface area contributed by atoms with Crippen molar-refractivity contribution in [3.05, 3.63) is 35.4 Å². The van der Waals surface area contributed by atoms with Crippen molar-refractivity contribution in [1.29, 1.82) is 0 Å². The van der Waals surface area contributed by atoms with Crippen molar-refractivity contribution >= 4 is 0 Å². The van der Waals surface area contributed by atoms with Gasteiger partial charge in [-0.25, -0.2) is 0 Å². The van der Waals surface area contributed by atoms with Crippen molar-refractivity contribution in [2.75, 3.05) is 6.54 Å². The number of rotatable bonds is 5. The van der Waals surface area contributed by atoms with Gasteiger partial charge in [-0.1, -0.05) is 51.5 Å². The Balaban J connectivity index is 1.72. The zero-order valence-corrected chi connectivity index (χ0v) is 13.3. The van der Waals surface area contributed by atoms with E-state index < -0.39 is 0 Å². The summed E-state index contributed by atoms with van der Waals surface area (Å²) in [6.07, 6.45) is 8.19. The standard InChI is InChI=1S/C19H29N/c1-4-10-19(12-13-19)14-20-17-9-11-18(2,3)16-8-6-5-7-15(16)17/h5-8,17,20H,4,9-14H2,1-3H3. The van der Waals surface area contributed by atoms with Crippen LogP contribution in [0.3, 0.4) is 0 Å². The van der Waals surface area contributed by atoms with Crippen LogP contribution in [0.5, 0.6) is 0 Å². The second kappa shape index (κ2) is 5.18. The Morgan fingerprint density at radius 1 is 1.15 bits per heavy atom.